The van der Waals surface area contributed by atoms with Crippen LogP contribution in [-0.2, 0) is 0 Å². The molecule has 64 valence electrons. The van der Waals surface area contributed by atoms with Crippen LogP contribution in [0.4, 0.5) is 0 Å². The van der Waals surface area contributed by atoms with Crippen LogP contribution in [0.2, 0.25) is 0 Å². The van der Waals surface area contributed by atoms with E-state index in [4.69, 9.17) is 15.3 Å². The number of aliphatic hydroxyl groups is 4. The van der Waals surface area contributed by atoms with Gasteiger partial charge in [-0.25, -0.2) is 0 Å². The summed E-state index contributed by atoms with van der Waals surface area (Å²) in [4.78, 5) is 0. The third-order valence-electron chi connectivity index (χ3n) is 1.90. The van der Waals surface area contributed by atoms with Crippen molar-refractivity contribution in [2.45, 2.75) is 18.3 Å². The lowest BCUT2D eigenvalue weighted by atomic mass is 9.89. The average Bonchev–Trinajstić information content (AvgIpc) is 2.01. The molecule has 0 heterocycles. The van der Waals surface area contributed by atoms with Crippen molar-refractivity contribution < 1.29 is 20.4 Å². The van der Waals surface area contributed by atoms with E-state index in [0.29, 0.717) is 0 Å². The second-order valence-electron chi connectivity index (χ2n) is 2.70. The molecule has 4 nitrogen and oxygen atoms in total. The first-order valence-corrected chi connectivity index (χ1v) is 3.50. The first-order chi connectivity index (χ1) is 5.16. The number of hydrogen-bond donors (Lipinski definition) is 4. The minimum atomic E-state index is -1.18. The van der Waals surface area contributed by atoms with Crippen molar-refractivity contribution in [3.8, 4) is 0 Å². The fourth-order valence-corrected chi connectivity index (χ4v) is 1.11. The summed E-state index contributed by atoms with van der Waals surface area (Å²) in [6.07, 6.45) is -0.398. The summed E-state index contributed by atoms with van der Waals surface area (Å²) >= 11 is 0. The van der Waals surface area contributed by atoms with Gasteiger partial charge in [0.25, 0.3) is 0 Å². The molecule has 4 heteroatoms. The maximum atomic E-state index is 9.19. The molecule has 0 amide bonds. The van der Waals surface area contributed by atoms with Gasteiger partial charge in [0, 0.05) is 5.92 Å². The zero-order valence-corrected chi connectivity index (χ0v) is 5.96. The molecule has 0 saturated heterocycles. The molecule has 0 radical (unpaired) electrons. The van der Waals surface area contributed by atoms with Gasteiger partial charge in [0.05, 0.1) is 12.7 Å². The summed E-state index contributed by atoms with van der Waals surface area (Å²) in [6, 6.07) is 0. The summed E-state index contributed by atoms with van der Waals surface area (Å²) in [5.74, 6) is -0.464. The van der Waals surface area contributed by atoms with Gasteiger partial charge in [0.1, 0.15) is 12.2 Å². The molecule has 0 fully saturated rings. The van der Waals surface area contributed by atoms with Crippen molar-refractivity contribution in [1.82, 2.24) is 0 Å². The van der Waals surface area contributed by atoms with E-state index in [1.54, 1.807) is 0 Å². The Kier molecular flexibility index (Phi) is 2.62. The Morgan fingerprint density at radius 2 is 1.64 bits per heavy atom. The van der Waals surface area contributed by atoms with E-state index in [2.05, 4.69) is 0 Å². The fraction of sp³-hybridized carbons (Fsp3) is 0.714. The number of aliphatic hydroxyl groups excluding tert-OH is 4. The Hall–Kier alpha value is -0.420. The molecule has 0 spiro atoms. The summed E-state index contributed by atoms with van der Waals surface area (Å²) in [5.41, 5.74) is 0. The lowest BCUT2D eigenvalue weighted by Gasteiger charge is -2.29. The zero-order chi connectivity index (χ0) is 8.43. The van der Waals surface area contributed by atoms with Crippen molar-refractivity contribution in [2.24, 2.45) is 5.92 Å². The molecule has 1 rings (SSSR count). The van der Waals surface area contributed by atoms with Gasteiger partial charge in [-0.15, -0.1) is 0 Å². The van der Waals surface area contributed by atoms with Crippen LogP contribution in [-0.4, -0.2) is 45.3 Å². The zero-order valence-electron chi connectivity index (χ0n) is 5.96. The Labute approximate surface area is 64.4 Å². The minimum absolute atomic E-state index is 0.221. The van der Waals surface area contributed by atoms with Gasteiger partial charge in [-0.2, -0.15) is 0 Å². The lowest BCUT2D eigenvalue weighted by Crippen LogP contribution is -2.44. The Bertz CT molecular complexity index is 157. The molecule has 3 unspecified atom stereocenters. The summed E-state index contributed by atoms with van der Waals surface area (Å²) in [7, 11) is 0. The minimum Gasteiger partial charge on any atom is -0.396 e. The topological polar surface area (TPSA) is 80.9 Å². The van der Waals surface area contributed by atoms with E-state index < -0.39 is 24.2 Å². The molecule has 0 aromatic heterocycles. The monoisotopic (exact) mass is 160 g/mol. The molecular formula is C7H12O4. The third kappa shape index (κ3) is 1.59. The Morgan fingerprint density at radius 3 is 2.18 bits per heavy atom. The van der Waals surface area contributed by atoms with Crippen molar-refractivity contribution in [3.63, 3.8) is 0 Å². The second-order valence-corrected chi connectivity index (χ2v) is 2.70. The maximum absolute atomic E-state index is 9.19. The van der Waals surface area contributed by atoms with Gasteiger partial charge in [0.2, 0.25) is 0 Å². The molecule has 0 saturated carbocycles. The summed E-state index contributed by atoms with van der Waals surface area (Å²) in [6.45, 7) is -0.221. The maximum Gasteiger partial charge on any atom is 0.110 e. The van der Waals surface area contributed by atoms with Crippen molar-refractivity contribution in [3.05, 3.63) is 12.2 Å². The van der Waals surface area contributed by atoms with E-state index >= 15 is 0 Å². The van der Waals surface area contributed by atoms with E-state index in [1.165, 1.54) is 12.2 Å². The van der Waals surface area contributed by atoms with Crippen LogP contribution in [0.25, 0.3) is 0 Å². The molecule has 0 aliphatic heterocycles. The van der Waals surface area contributed by atoms with Crippen molar-refractivity contribution in [1.29, 1.82) is 0 Å². The molecule has 0 aromatic rings. The Balaban J connectivity index is 2.68. The molecule has 1 aliphatic carbocycles. The highest BCUT2D eigenvalue weighted by molar-refractivity contribution is 5.06. The van der Waals surface area contributed by atoms with Crippen LogP contribution < -0.4 is 0 Å². The SMILES string of the molecule is OCC1C=C[C@H](O)C(O)C1O. The molecule has 4 N–H and O–H groups in total. The quantitative estimate of drug-likeness (QED) is 0.343. The summed E-state index contributed by atoms with van der Waals surface area (Å²) < 4.78 is 0. The normalized spacial score (nSPS) is 44.4. The van der Waals surface area contributed by atoms with E-state index in [0.717, 1.165) is 0 Å². The van der Waals surface area contributed by atoms with Gasteiger partial charge < -0.3 is 20.4 Å². The molecular weight excluding hydrogens is 148 g/mol. The highest BCUT2D eigenvalue weighted by Gasteiger charge is 2.31. The highest BCUT2D eigenvalue weighted by atomic mass is 16.4. The van der Waals surface area contributed by atoms with Crippen LogP contribution in [0.1, 0.15) is 0 Å². The number of hydrogen-bond acceptors (Lipinski definition) is 4. The van der Waals surface area contributed by atoms with Crippen molar-refractivity contribution >= 4 is 0 Å². The van der Waals surface area contributed by atoms with Gasteiger partial charge in [-0.1, -0.05) is 12.2 Å². The third-order valence-corrected chi connectivity index (χ3v) is 1.90. The summed E-state index contributed by atoms with van der Waals surface area (Å²) in [5, 5.41) is 35.9. The predicted molar refractivity (Wildman–Crippen MR) is 37.7 cm³/mol. The predicted octanol–water partition coefficient (Wildman–Crippen LogP) is -1.75. The lowest BCUT2D eigenvalue weighted by molar-refractivity contribution is -0.0728. The highest BCUT2D eigenvalue weighted by Crippen LogP contribution is 2.18. The smallest absolute Gasteiger partial charge is 0.110 e. The first kappa shape index (κ1) is 8.67. The average molecular weight is 160 g/mol. The largest absolute Gasteiger partial charge is 0.396 e. The van der Waals surface area contributed by atoms with Crippen LogP contribution in [0, 0.1) is 5.92 Å². The van der Waals surface area contributed by atoms with Crippen LogP contribution in [0.15, 0.2) is 12.2 Å². The van der Waals surface area contributed by atoms with E-state index in [1.807, 2.05) is 0 Å². The van der Waals surface area contributed by atoms with Gasteiger partial charge >= 0.3 is 0 Å². The van der Waals surface area contributed by atoms with Crippen LogP contribution >= 0.6 is 0 Å². The van der Waals surface area contributed by atoms with Gasteiger partial charge in [-0.05, 0) is 0 Å². The first-order valence-electron chi connectivity index (χ1n) is 3.50. The second kappa shape index (κ2) is 3.32. The van der Waals surface area contributed by atoms with Gasteiger partial charge in [0.15, 0.2) is 0 Å². The fourth-order valence-electron chi connectivity index (χ4n) is 1.11. The van der Waals surface area contributed by atoms with Crippen LogP contribution in [0.3, 0.4) is 0 Å². The van der Waals surface area contributed by atoms with Crippen LogP contribution in [0.5, 0.6) is 0 Å². The number of rotatable bonds is 1. The van der Waals surface area contributed by atoms with E-state index in [9.17, 15) is 5.11 Å². The molecule has 11 heavy (non-hydrogen) atoms. The molecule has 4 atom stereocenters. The molecule has 0 bridgehead atoms. The molecule has 0 aromatic carbocycles. The Morgan fingerprint density at radius 1 is 1.00 bits per heavy atom. The standard InChI is InChI=1S/C7H12O4/c8-3-4-1-2-5(9)7(11)6(4)10/h1-2,4-11H,3H2/t4?,5-,6?,7?/m0/s1. The van der Waals surface area contributed by atoms with E-state index in [-0.39, 0.29) is 6.61 Å². The molecule has 1 aliphatic rings. The van der Waals surface area contributed by atoms with Crippen molar-refractivity contribution in [2.75, 3.05) is 6.61 Å². The van der Waals surface area contributed by atoms with Gasteiger partial charge in [-0.3, -0.25) is 0 Å².